The zero-order valence-corrected chi connectivity index (χ0v) is 11.9. The average molecular weight is 268 g/mol. The van der Waals surface area contributed by atoms with E-state index >= 15 is 0 Å². The summed E-state index contributed by atoms with van der Waals surface area (Å²) >= 11 is 0. The van der Waals surface area contributed by atoms with Gasteiger partial charge in [-0.15, -0.1) is 0 Å². The van der Waals surface area contributed by atoms with Gasteiger partial charge in [0.1, 0.15) is 5.41 Å². The van der Waals surface area contributed by atoms with E-state index in [1.54, 1.807) is 0 Å². The quantitative estimate of drug-likeness (QED) is 0.736. The molecule has 2 aliphatic rings. The molecular weight excluding hydrogens is 244 g/mol. The lowest BCUT2D eigenvalue weighted by Gasteiger charge is -2.40. The lowest BCUT2D eigenvalue weighted by atomic mass is 9.68. The molecule has 1 amide bonds. The first-order valence-corrected chi connectivity index (χ1v) is 7.12. The Labute approximate surface area is 114 Å². The van der Waals surface area contributed by atoms with Crippen molar-refractivity contribution in [3.63, 3.8) is 0 Å². The summed E-state index contributed by atoms with van der Waals surface area (Å²) in [6.45, 7) is 0.563. The van der Waals surface area contributed by atoms with Crippen molar-refractivity contribution in [1.82, 2.24) is 10.2 Å². The van der Waals surface area contributed by atoms with Crippen LogP contribution in [-0.2, 0) is 9.59 Å². The second kappa shape index (κ2) is 5.12. The number of hydrogen-bond acceptors (Lipinski definition) is 3. The van der Waals surface area contributed by atoms with Crippen LogP contribution in [-0.4, -0.2) is 48.1 Å². The minimum absolute atomic E-state index is 0.0130. The molecular formula is C14H24N2O3. The van der Waals surface area contributed by atoms with Crippen molar-refractivity contribution < 1.29 is 14.7 Å². The number of likely N-dealkylation sites (N-methyl/N-ethyl adjacent to an activating group) is 1. The van der Waals surface area contributed by atoms with Crippen LogP contribution in [0.5, 0.6) is 0 Å². The lowest BCUT2D eigenvalue weighted by Crippen LogP contribution is -2.56. The molecule has 0 spiro atoms. The summed E-state index contributed by atoms with van der Waals surface area (Å²) in [6, 6.07) is 0. The maximum Gasteiger partial charge on any atom is 0.319 e. The fourth-order valence-electron chi connectivity index (χ4n) is 3.30. The Morgan fingerprint density at radius 3 is 2.05 bits per heavy atom. The Morgan fingerprint density at radius 2 is 1.68 bits per heavy atom. The van der Waals surface area contributed by atoms with E-state index < -0.39 is 11.4 Å². The Balaban J connectivity index is 1.98. The van der Waals surface area contributed by atoms with Crippen LogP contribution in [0.1, 0.15) is 44.9 Å². The van der Waals surface area contributed by atoms with Gasteiger partial charge in [-0.2, -0.15) is 0 Å². The van der Waals surface area contributed by atoms with E-state index in [9.17, 15) is 14.7 Å². The second-order valence-corrected chi connectivity index (χ2v) is 6.25. The van der Waals surface area contributed by atoms with Crippen molar-refractivity contribution in [2.45, 2.75) is 50.5 Å². The Bertz CT molecular complexity index is 369. The number of nitrogens with one attached hydrogen (secondary N) is 1. The fourth-order valence-corrected chi connectivity index (χ4v) is 3.30. The van der Waals surface area contributed by atoms with E-state index in [1.807, 2.05) is 14.1 Å². The molecule has 0 aromatic carbocycles. The van der Waals surface area contributed by atoms with Gasteiger partial charge in [-0.1, -0.05) is 19.3 Å². The molecule has 0 unspecified atom stereocenters. The Morgan fingerprint density at radius 1 is 1.11 bits per heavy atom. The Kier molecular flexibility index (Phi) is 3.85. The molecule has 0 bridgehead atoms. The Hall–Kier alpha value is -1.10. The number of carbonyl (C=O) groups is 2. The molecule has 108 valence electrons. The average Bonchev–Trinajstić information content (AvgIpc) is 2.74. The van der Waals surface area contributed by atoms with Crippen LogP contribution in [0.3, 0.4) is 0 Å². The first-order valence-electron chi connectivity index (χ1n) is 7.12. The molecule has 5 heteroatoms. The van der Waals surface area contributed by atoms with Gasteiger partial charge in [0.05, 0.1) is 0 Å². The molecule has 2 saturated carbocycles. The van der Waals surface area contributed by atoms with Crippen molar-refractivity contribution in [2.24, 2.45) is 5.41 Å². The third-order valence-electron chi connectivity index (χ3n) is 5.11. The third-order valence-corrected chi connectivity index (χ3v) is 5.11. The predicted octanol–water partition coefficient (Wildman–Crippen LogP) is 1.23. The van der Waals surface area contributed by atoms with E-state index in [0.717, 1.165) is 19.3 Å². The van der Waals surface area contributed by atoms with Crippen LogP contribution in [0.25, 0.3) is 0 Å². The van der Waals surface area contributed by atoms with E-state index in [-0.39, 0.29) is 11.4 Å². The van der Waals surface area contributed by atoms with Crippen molar-refractivity contribution in [2.75, 3.05) is 20.6 Å². The van der Waals surface area contributed by atoms with E-state index in [1.165, 1.54) is 12.8 Å². The summed E-state index contributed by atoms with van der Waals surface area (Å²) in [5.74, 6) is -1.26. The van der Waals surface area contributed by atoms with Gasteiger partial charge in [-0.05, 0) is 39.8 Å². The van der Waals surface area contributed by atoms with Gasteiger partial charge in [0.25, 0.3) is 0 Å². The third kappa shape index (κ3) is 2.36. The van der Waals surface area contributed by atoms with E-state index in [0.29, 0.717) is 19.4 Å². The van der Waals surface area contributed by atoms with Crippen LogP contribution < -0.4 is 5.32 Å². The highest BCUT2D eigenvalue weighted by Gasteiger charge is 2.51. The van der Waals surface area contributed by atoms with Crippen molar-refractivity contribution in [3.8, 4) is 0 Å². The minimum atomic E-state index is -1.15. The van der Waals surface area contributed by atoms with Crippen molar-refractivity contribution in [1.29, 1.82) is 0 Å². The molecule has 2 N–H and O–H groups in total. The predicted molar refractivity (Wildman–Crippen MR) is 71.8 cm³/mol. The summed E-state index contributed by atoms with van der Waals surface area (Å²) in [5.41, 5.74) is -1.13. The van der Waals surface area contributed by atoms with E-state index in [4.69, 9.17) is 0 Å². The topological polar surface area (TPSA) is 69.6 Å². The van der Waals surface area contributed by atoms with Gasteiger partial charge in [0, 0.05) is 12.1 Å². The molecule has 0 aromatic heterocycles. The molecule has 0 aliphatic heterocycles. The first-order chi connectivity index (χ1) is 8.93. The van der Waals surface area contributed by atoms with Gasteiger partial charge in [0.15, 0.2) is 0 Å². The first kappa shape index (κ1) is 14.3. The number of nitrogens with zero attached hydrogens (tertiary/aromatic N) is 1. The number of carbonyl (C=O) groups excluding carboxylic acids is 1. The molecule has 0 radical (unpaired) electrons. The van der Waals surface area contributed by atoms with Crippen LogP contribution in [0.15, 0.2) is 0 Å². The summed E-state index contributed by atoms with van der Waals surface area (Å²) in [6.07, 6.45) is 6.28. The van der Waals surface area contributed by atoms with Crippen LogP contribution in [0.2, 0.25) is 0 Å². The largest absolute Gasteiger partial charge is 0.480 e. The minimum Gasteiger partial charge on any atom is -0.480 e. The fraction of sp³-hybridized carbons (Fsp3) is 0.857. The zero-order valence-electron chi connectivity index (χ0n) is 11.9. The van der Waals surface area contributed by atoms with Gasteiger partial charge in [0.2, 0.25) is 5.91 Å². The lowest BCUT2D eigenvalue weighted by molar-refractivity contribution is -0.162. The monoisotopic (exact) mass is 268 g/mol. The summed E-state index contributed by atoms with van der Waals surface area (Å²) in [4.78, 5) is 25.7. The van der Waals surface area contributed by atoms with Crippen LogP contribution >= 0.6 is 0 Å². The molecule has 0 aromatic rings. The standard InChI is InChI=1S/C14H24N2O3/c1-16(2)13(6-3-4-7-13)10-15-11(17)14(12(18)19)8-5-9-14/h3-10H2,1-2H3,(H,15,17)(H,18,19). The molecule has 2 rings (SSSR count). The van der Waals surface area contributed by atoms with Crippen LogP contribution in [0, 0.1) is 5.41 Å². The number of carboxylic acids is 1. The molecule has 5 nitrogen and oxygen atoms in total. The van der Waals surface area contributed by atoms with Crippen LogP contribution in [0.4, 0.5) is 0 Å². The normalized spacial score (nSPS) is 23.9. The van der Waals surface area contributed by atoms with Crippen molar-refractivity contribution >= 4 is 11.9 Å². The molecule has 0 heterocycles. The number of hydrogen-bond donors (Lipinski definition) is 2. The molecule has 0 atom stereocenters. The SMILES string of the molecule is CN(C)C1(CNC(=O)C2(C(=O)O)CCC2)CCCC1. The van der Waals surface area contributed by atoms with Gasteiger partial charge < -0.3 is 15.3 Å². The number of amides is 1. The molecule has 0 saturated heterocycles. The van der Waals surface area contributed by atoms with E-state index in [2.05, 4.69) is 10.2 Å². The van der Waals surface area contributed by atoms with Gasteiger partial charge in [-0.25, -0.2) is 0 Å². The summed E-state index contributed by atoms with van der Waals surface area (Å²) < 4.78 is 0. The number of carboxylic acid groups (broad SMARTS) is 1. The molecule has 2 aliphatic carbocycles. The maximum atomic E-state index is 12.2. The highest BCUT2D eigenvalue weighted by Crippen LogP contribution is 2.41. The number of aliphatic carboxylic acids is 1. The smallest absolute Gasteiger partial charge is 0.319 e. The summed E-state index contributed by atoms with van der Waals surface area (Å²) in [5, 5.41) is 12.2. The molecule has 2 fully saturated rings. The summed E-state index contributed by atoms with van der Waals surface area (Å²) in [7, 11) is 4.07. The molecule has 19 heavy (non-hydrogen) atoms. The maximum absolute atomic E-state index is 12.2. The highest BCUT2D eigenvalue weighted by atomic mass is 16.4. The van der Waals surface area contributed by atoms with Crippen molar-refractivity contribution in [3.05, 3.63) is 0 Å². The zero-order chi connectivity index (χ0) is 14.1. The highest BCUT2D eigenvalue weighted by molar-refractivity contribution is 6.02. The number of rotatable bonds is 5. The van der Waals surface area contributed by atoms with Gasteiger partial charge >= 0.3 is 5.97 Å². The van der Waals surface area contributed by atoms with Gasteiger partial charge in [-0.3, -0.25) is 9.59 Å². The second-order valence-electron chi connectivity index (χ2n) is 6.25.